The van der Waals surface area contributed by atoms with Crippen LogP contribution in [0.4, 0.5) is 0 Å². The van der Waals surface area contributed by atoms with Gasteiger partial charge in [-0.15, -0.1) is 0 Å². The van der Waals surface area contributed by atoms with Crippen LogP contribution in [0, 0.1) is 0 Å². The molecule has 1 atom stereocenters. The molecule has 0 fully saturated rings. The molecule has 0 saturated heterocycles. The number of hydrogen-bond acceptors (Lipinski definition) is 6. The van der Waals surface area contributed by atoms with Crippen LogP contribution in [0.1, 0.15) is 43.6 Å². The highest BCUT2D eigenvalue weighted by atomic mass is 16.5. The number of rotatable bonds is 10. The summed E-state index contributed by atoms with van der Waals surface area (Å²) >= 11 is 0. The van der Waals surface area contributed by atoms with Gasteiger partial charge in [-0.1, -0.05) is 16.8 Å². The Morgan fingerprint density at radius 1 is 1.23 bits per heavy atom. The van der Waals surface area contributed by atoms with Gasteiger partial charge in [-0.3, -0.25) is 4.79 Å². The number of aromatic nitrogens is 1. The Hall–Kier alpha value is -3.39. The van der Waals surface area contributed by atoms with Crippen molar-refractivity contribution in [1.29, 1.82) is 0 Å². The number of nitrogens with zero attached hydrogens (tertiary/aromatic N) is 1. The van der Waals surface area contributed by atoms with Gasteiger partial charge in [0.1, 0.15) is 18.4 Å². The van der Waals surface area contributed by atoms with E-state index in [0.29, 0.717) is 43.4 Å². The van der Waals surface area contributed by atoms with Crippen LogP contribution in [-0.2, 0) is 4.79 Å². The van der Waals surface area contributed by atoms with Gasteiger partial charge in [0.15, 0.2) is 11.3 Å². The first-order valence-corrected chi connectivity index (χ1v) is 10.2. The van der Waals surface area contributed by atoms with E-state index >= 15 is 0 Å². The molecule has 0 aliphatic rings. The molecule has 2 aromatic carbocycles. The van der Waals surface area contributed by atoms with E-state index in [1.54, 1.807) is 6.07 Å². The van der Waals surface area contributed by atoms with Crippen molar-refractivity contribution in [1.82, 2.24) is 10.5 Å². The van der Waals surface area contributed by atoms with Crippen molar-refractivity contribution >= 4 is 33.6 Å². The average molecular weight is 425 g/mol. The number of allylic oxidation sites excluding steroid dienone is 1. The third kappa shape index (κ3) is 5.40. The molecule has 0 bridgehead atoms. The highest BCUT2D eigenvalue weighted by Crippen LogP contribution is 2.30. The lowest BCUT2D eigenvalue weighted by atomic mass is 10.1. The second-order valence-electron chi connectivity index (χ2n) is 7.60. The van der Waals surface area contributed by atoms with Crippen molar-refractivity contribution in [3.8, 4) is 5.75 Å². The Morgan fingerprint density at radius 2 is 2.00 bits per heavy atom. The number of carboxylic acid groups (broad SMARTS) is 1. The lowest BCUT2D eigenvalue weighted by molar-refractivity contribution is -0.139. The van der Waals surface area contributed by atoms with Crippen molar-refractivity contribution in [3.05, 3.63) is 47.7 Å². The number of nitrogens with one attached hydrogen (secondary N) is 1. The van der Waals surface area contributed by atoms with Gasteiger partial charge in [-0.05, 0) is 75.4 Å². The minimum absolute atomic E-state index is 0.0610. The minimum atomic E-state index is -1.09. The fraction of sp³-hybridized carbons (Fsp3) is 0.348. The smallest absolute Gasteiger partial charge is 0.326 e. The summed E-state index contributed by atoms with van der Waals surface area (Å²) in [6, 6.07) is 8.18. The van der Waals surface area contributed by atoms with Crippen LogP contribution in [0.15, 0.2) is 46.5 Å². The summed E-state index contributed by atoms with van der Waals surface area (Å²) in [5.41, 5.74) is 7.16. The van der Waals surface area contributed by atoms with E-state index in [4.69, 9.17) is 15.0 Å². The predicted molar refractivity (Wildman–Crippen MR) is 118 cm³/mol. The van der Waals surface area contributed by atoms with Gasteiger partial charge in [0.2, 0.25) is 0 Å². The first kappa shape index (κ1) is 22.3. The maximum atomic E-state index is 12.7. The SMILES string of the molecule is CC(C)=CCOc1ccc2c(ccc3c(C(=O)N[C@@H](CCCCN)C(=O)O)noc32)c1. The van der Waals surface area contributed by atoms with E-state index in [1.807, 2.05) is 44.2 Å². The predicted octanol–water partition coefficient (Wildman–Crippen LogP) is 3.64. The molecule has 31 heavy (non-hydrogen) atoms. The molecule has 0 radical (unpaired) electrons. The van der Waals surface area contributed by atoms with Gasteiger partial charge < -0.3 is 25.4 Å². The third-order valence-electron chi connectivity index (χ3n) is 4.93. The van der Waals surface area contributed by atoms with Gasteiger partial charge in [0.25, 0.3) is 5.91 Å². The van der Waals surface area contributed by atoms with E-state index in [2.05, 4.69) is 10.5 Å². The molecule has 1 aromatic heterocycles. The highest BCUT2D eigenvalue weighted by molar-refractivity contribution is 6.12. The summed E-state index contributed by atoms with van der Waals surface area (Å²) in [5, 5.41) is 18.0. The van der Waals surface area contributed by atoms with Gasteiger partial charge in [-0.25, -0.2) is 4.79 Å². The number of carboxylic acids is 1. The summed E-state index contributed by atoms with van der Waals surface area (Å²) in [6.07, 6.45) is 3.59. The van der Waals surface area contributed by atoms with Crippen LogP contribution in [0.5, 0.6) is 5.75 Å². The fourth-order valence-electron chi connectivity index (χ4n) is 3.24. The molecule has 1 amide bonds. The normalized spacial score (nSPS) is 12.0. The van der Waals surface area contributed by atoms with Gasteiger partial charge in [-0.2, -0.15) is 0 Å². The quantitative estimate of drug-likeness (QED) is 0.334. The van der Waals surface area contributed by atoms with E-state index in [9.17, 15) is 14.7 Å². The largest absolute Gasteiger partial charge is 0.490 e. The molecule has 0 spiro atoms. The number of amides is 1. The topological polar surface area (TPSA) is 128 Å². The molecular weight excluding hydrogens is 398 g/mol. The second-order valence-corrected chi connectivity index (χ2v) is 7.60. The number of aliphatic carboxylic acids is 1. The van der Waals surface area contributed by atoms with E-state index in [1.165, 1.54) is 5.57 Å². The zero-order chi connectivity index (χ0) is 22.4. The Kier molecular flexibility index (Phi) is 7.25. The number of fused-ring (bicyclic) bond motifs is 3. The van der Waals surface area contributed by atoms with E-state index in [-0.39, 0.29) is 5.69 Å². The number of ether oxygens (including phenoxy) is 1. The Morgan fingerprint density at radius 3 is 2.71 bits per heavy atom. The lowest BCUT2D eigenvalue weighted by Gasteiger charge is -2.13. The molecule has 1 heterocycles. The molecule has 4 N–H and O–H groups in total. The molecule has 0 aliphatic heterocycles. The van der Waals surface area contributed by atoms with Gasteiger partial charge >= 0.3 is 5.97 Å². The van der Waals surface area contributed by atoms with Crippen molar-refractivity contribution in [2.75, 3.05) is 13.2 Å². The number of nitrogens with two attached hydrogens (primary N) is 1. The summed E-state index contributed by atoms with van der Waals surface area (Å²) in [5.74, 6) is -0.951. The molecule has 8 nitrogen and oxygen atoms in total. The monoisotopic (exact) mass is 425 g/mol. The number of carbonyl (C=O) groups excluding carboxylic acids is 1. The zero-order valence-corrected chi connectivity index (χ0v) is 17.7. The molecule has 0 saturated carbocycles. The maximum Gasteiger partial charge on any atom is 0.326 e. The van der Waals surface area contributed by atoms with Crippen molar-refractivity contribution in [2.45, 2.75) is 39.2 Å². The molecule has 8 heteroatoms. The van der Waals surface area contributed by atoms with Crippen LogP contribution in [0.2, 0.25) is 0 Å². The maximum absolute atomic E-state index is 12.7. The highest BCUT2D eigenvalue weighted by Gasteiger charge is 2.24. The summed E-state index contributed by atoms with van der Waals surface area (Å²) in [6.45, 7) is 4.98. The summed E-state index contributed by atoms with van der Waals surface area (Å²) in [7, 11) is 0. The first-order chi connectivity index (χ1) is 14.9. The Balaban J connectivity index is 1.82. The lowest BCUT2D eigenvalue weighted by Crippen LogP contribution is -2.41. The van der Waals surface area contributed by atoms with Crippen LogP contribution in [0.3, 0.4) is 0 Å². The molecular formula is C23H27N3O5. The summed E-state index contributed by atoms with van der Waals surface area (Å²) < 4.78 is 11.2. The summed E-state index contributed by atoms with van der Waals surface area (Å²) in [4.78, 5) is 24.2. The first-order valence-electron chi connectivity index (χ1n) is 10.2. The standard InChI is InChI=1S/C23H27N3O5/c1-14(2)10-12-30-16-7-9-17-15(13-16)6-8-18-20(26-31-21(17)18)22(27)25-19(23(28)29)5-3-4-11-24/h6-10,13,19H,3-5,11-12,24H2,1-2H3,(H,25,27)(H,28,29)/t19-/m0/s1. The average Bonchev–Trinajstić information content (AvgIpc) is 3.17. The van der Waals surface area contributed by atoms with Crippen LogP contribution < -0.4 is 15.8 Å². The van der Waals surface area contributed by atoms with E-state index < -0.39 is 17.9 Å². The number of hydrogen-bond donors (Lipinski definition) is 3. The van der Waals surface area contributed by atoms with E-state index in [0.717, 1.165) is 16.5 Å². The number of benzene rings is 2. The van der Waals surface area contributed by atoms with Gasteiger partial charge in [0.05, 0.1) is 5.39 Å². The van der Waals surface area contributed by atoms with Crippen LogP contribution in [-0.4, -0.2) is 41.3 Å². The van der Waals surface area contributed by atoms with Gasteiger partial charge in [0, 0.05) is 5.39 Å². The van der Waals surface area contributed by atoms with Crippen molar-refractivity contribution in [3.63, 3.8) is 0 Å². The molecule has 0 aliphatic carbocycles. The van der Waals surface area contributed by atoms with Crippen LogP contribution >= 0.6 is 0 Å². The second kappa shape index (κ2) is 10.1. The number of carbonyl (C=O) groups is 2. The molecule has 3 rings (SSSR count). The van der Waals surface area contributed by atoms with Crippen molar-refractivity contribution in [2.24, 2.45) is 5.73 Å². The minimum Gasteiger partial charge on any atom is -0.490 e. The molecule has 164 valence electrons. The number of unbranched alkanes of at least 4 members (excludes halogenated alkanes) is 1. The Bertz CT molecular complexity index is 1120. The Labute approximate surface area is 180 Å². The fourth-order valence-corrected chi connectivity index (χ4v) is 3.24. The zero-order valence-electron chi connectivity index (χ0n) is 17.7. The third-order valence-corrected chi connectivity index (χ3v) is 4.93. The molecule has 0 unspecified atom stereocenters. The van der Waals surface area contributed by atoms with Crippen LogP contribution in [0.25, 0.3) is 21.7 Å². The molecule has 3 aromatic rings. The van der Waals surface area contributed by atoms with Crippen molar-refractivity contribution < 1.29 is 24.0 Å².